The molecule has 0 bridgehead atoms. The molecule has 0 N–H and O–H groups in total. The average Bonchev–Trinajstić information content (AvgIpc) is 3.60. The third-order valence-corrected chi connectivity index (χ3v) is 9.81. The number of hydrogen-bond donors (Lipinski definition) is 0. The van der Waals surface area contributed by atoms with Crippen LogP contribution in [0.2, 0.25) is 0 Å². The van der Waals surface area contributed by atoms with Crippen molar-refractivity contribution < 1.29 is 0 Å². The summed E-state index contributed by atoms with van der Waals surface area (Å²) >= 11 is 0. The third-order valence-electron chi connectivity index (χ3n) is 9.81. The van der Waals surface area contributed by atoms with Gasteiger partial charge in [-0.3, -0.25) is 4.57 Å². The van der Waals surface area contributed by atoms with Crippen molar-refractivity contribution >= 4 is 81.7 Å². The summed E-state index contributed by atoms with van der Waals surface area (Å²) in [6.45, 7) is 0. The largest absolute Gasteiger partial charge is 0.307 e. The van der Waals surface area contributed by atoms with Crippen molar-refractivity contribution in [3.63, 3.8) is 0 Å². The van der Waals surface area contributed by atoms with E-state index in [0.717, 1.165) is 39.1 Å². The molecule has 0 saturated carbocycles. The van der Waals surface area contributed by atoms with Crippen LogP contribution in [-0.2, 0) is 0 Å². The van der Waals surface area contributed by atoms with Crippen LogP contribution >= 0.6 is 0 Å². The summed E-state index contributed by atoms with van der Waals surface area (Å²) in [7, 11) is 0. The zero-order valence-electron chi connectivity index (χ0n) is 24.6. The quantitative estimate of drug-likeness (QED) is 0.203. The predicted octanol–water partition coefficient (Wildman–Crippen LogP) is 10.7. The number of fused-ring (bicyclic) bond motifs is 9. The van der Waals surface area contributed by atoms with E-state index in [9.17, 15) is 0 Å². The first-order valence-electron chi connectivity index (χ1n) is 15.7. The summed E-state index contributed by atoms with van der Waals surface area (Å²) in [5, 5.41) is 9.97. The summed E-state index contributed by atoms with van der Waals surface area (Å²) in [4.78, 5) is 10.6. The van der Waals surface area contributed by atoms with Gasteiger partial charge in [0.1, 0.15) is 5.69 Å². The Morgan fingerprint density at radius 3 is 1.93 bits per heavy atom. The molecular weight excluding hydrogens is 560 g/mol. The molecule has 11 rings (SSSR count). The first kappa shape index (κ1) is 24.1. The van der Waals surface area contributed by atoms with Crippen molar-refractivity contribution in [3.8, 4) is 17.1 Å². The van der Waals surface area contributed by atoms with E-state index in [2.05, 4.69) is 130 Å². The maximum Gasteiger partial charge on any atom is 0.165 e. The molecular formula is C42H24N4. The minimum atomic E-state index is 0.836. The molecule has 11 aromatic rings. The molecule has 212 valence electrons. The highest BCUT2D eigenvalue weighted by Crippen LogP contribution is 2.46. The summed E-state index contributed by atoms with van der Waals surface area (Å²) in [5.41, 5.74) is 9.61. The molecule has 7 aromatic carbocycles. The SMILES string of the molecule is c1ccc(-c2nc3ccccc3nc2-n2c3cccc4c5ccccc5n5c6c7ccccc7ccc6c6ccc2c(c43)c65)cc1. The fraction of sp³-hybridized carbons (Fsp3) is 0. The van der Waals surface area contributed by atoms with Crippen molar-refractivity contribution in [2.75, 3.05) is 0 Å². The predicted molar refractivity (Wildman–Crippen MR) is 191 cm³/mol. The number of aromatic nitrogens is 4. The molecule has 0 atom stereocenters. The fourth-order valence-electron chi connectivity index (χ4n) is 7.93. The van der Waals surface area contributed by atoms with Crippen molar-refractivity contribution in [1.29, 1.82) is 0 Å². The van der Waals surface area contributed by atoms with Crippen LogP contribution in [0.3, 0.4) is 0 Å². The summed E-state index contributed by atoms with van der Waals surface area (Å²) in [5.74, 6) is 0.836. The van der Waals surface area contributed by atoms with Gasteiger partial charge in [0, 0.05) is 37.9 Å². The molecule has 0 fully saturated rings. The van der Waals surface area contributed by atoms with Crippen molar-refractivity contribution in [2.24, 2.45) is 0 Å². The molecule has 4 heterocycles. The van der Waals surface area contributed by atoms with Crippen molar-refractivity contribution in [2.45, 2.75) is 0 Å². The molecule has 0 unspecified atom stereocenters. The van der Waals surface area contributed by atoms with Crippen LogP contribution in [0.1, 0.15) is 0 Å². The topological polar surface area (TPSA) is 35.1 Å². The molecule has 0 amide bonds. The first-order valence-corrected chi connectivity index (χ1v) is 15.7. The summed E-state index contributed by atoms with van der Waals surface area (Å²) < 4.78 is 4.88. The molecule has 4 heteroatoms. The van der Waals surface area contributed by atoms with Gasteiger partial charge in [-0.2, -0.15) is 0 Å². The highest BCUT2D eigenvalue weighted by Gasteiger charge is 2.25. The van der Waals surface area contributed by atoms with E-state index in [0.29, 0.717) is 0 Å². The zero-order chi connectivity index (χ0) is 29.9. The van der Waals surface area contributed by atoms with E-state index in [4.69, 9.17) is 9.97 Å². The Hall–Kier alpha value is -6.26. The van der Waals surface area contributed by atoms with E-state index >= 15 is 0 Å². The standard InChI is InChI=1S/C42H24N4/c1-2-12-26(13-3-1)39-42(44-33-18-8-7-17-32(33)43-39)45-35-20-10-16-29-28-15-6-9-19-34(28)46-40-27-14-5-4-11-25(27)21-22-30(40)31-23-24-36(45)38(37(29)35)41(31)46/h1-24H. The van der Waals surface area contributed by atoms with Gasteiger partial charge in [-0.05, 0) is 41.1 Å². The van der Waals surface area contributed by atoms with E-state index in [1.165, 1.54) is 59.6 Å². The fourth-order valence-corrected chi connectivity index (χ4v) is 7.93. The Labute approximate surface area is 262 Å². The summed E-state index contributed by atoms with van der Waals surface area (Å²) in [6.07, 6.45) is 0. The Morgan fingerprint density at radius 1 is 0.391 bits per heavy atom. The second kappa shape index (κ2) is 8.68. The van der Waals surface area contributed by atoms with E-state index in [1.807, 2.05) is 24.3 Å². The van der Waals surface area contributed by atoms with Crippen LogP contribution in [0, 0.1) is 0 Å². The average molecular weight is 585 g/mol. The van der Waals surface area contributed by atoms with Crippen molar-refractivity contribution in [1.82, 2.24) is 18.9 Å². The number of benzene rings is 7. The van der Waals surface area contributed by atoms with Gasteiger partial charge >= 0.3 is 0 Å². The Balaban J connectivity index is 1.44. The number of hydrogen-bond acceptors (Lipinski definition) is 2. The monoisotopic (exact) mass is 584 g/mol. The third kappa shape index (κ3) is 2.98. The lowest BCUT2D eigenvalue weighted by atomic mass is 10.0. The highest BCUT2D eigenvalue weighted by atomic mass is 15.1. The number of nitrogens with zero attached hydrogens (tertiary/aromatic N) is 4. The van der Waals surface area contributed by atoms with Crippen LogP contribution < -0.4 is 0 Å². The van der Waals surface area contributed by atoms with Gasteiger partial charge in [0.05, 0.1) is 38.6 Å². The van der Waals surface area contributed by atoms with Crippen LogP contribution in [0.4, 0.5) is 0 Å². The first-order chi connectivity index (χ1) is 22.8. The van der Waals surface area contributed by atoms with Gasteiger partial charge in [0.15, 0.2) is 5.82 Å². The van der Waals surface area contributed by atoms with Gasteiger partial charge < -0.3 is 4.40 Å². The number of para-hydroxylation sites is 3. The van der Waals surface area contributed by atoms with E-state index in [-0.39, 0.29) is 0 Å². The Bertz CT molecular complexity index is 3020. The smallest absolute Gasteiger partial charge is 0.165 e. The van der Waals surface area contributed by atoms with Crippen LogP contribution in [0.15, 0.2) is 146 Å². The second-order valence-electron chi connectivity index (χ2n) is 12.2. The van der Waals surface area contributed by atoms with Gasteiger partial charge in [0.25, 0.3) is 0 Å². The molecule has 4 nitrogen and oxygen atoms in total. The van der Waals surface area contributed by atoms with Gasteiger partial charge in [-0.25, -0.2) is 9.97 Å². The van der Waals surface area contributed by atoms with Crippen LogP contribution in [0.25, 0.3) is 98.8 Å². The molecule has 4 aromatic heterocycles. The molecule has 0 spiro atoms. The number of rotatable bonds is 2. The molecule has 0 radical (unpaired) electrons. The summed E-state index contributed by atoms with van der Waals surface area (Å²) in [6, 6.07) is 52.1. The maximum atomic E-state index is 5.37. The molecule has 0 aliphatic heterocycles. The van der Waals surface area contributed by atoms with E-state index in [1.54, 1.807) is 0 Å². The molecule has 46 heavy (non-hydrogen) atoms. The molecule has 0 aliphatic carbocycles. The minimum Gasteiger partial charge on any atom is -0.307 e. The normalized spacial score (nSPS) is 12.3. The molecule has 0 aliphatic rings. The highest BCUT2D eigenvalue weighted by molar-refractivity contribution is 6.34. The van der Waals surface area contributed by atoms with Crippen molar-refractivity contribution in [3.05, 3.63) is 146 Å². The van der Waals surface area contributed by atoms with E-state index < -0.39 is 0 Å². The van der Waals surface area contributed by atoms with Gasteiger partial charge in [0.2, 0.25) is 0 Å². The Kier molecular flexibility index (Phi) is 4.55. The van der Waals surface area contributed by atoms with Crippen LogP contribution in [0.5, 0.6) is 0 Å². The lowest BCUT2D eigenvalue weighted by molar-refractivity contribution is 1.08. The minimum absolute atomic E-state index is 0.836. The Morgan fingerprint density at radius 2 is 1.04 bits per heavy atom. The second-order valence-corrected chi connectivity index (χ2v) is 12.2. The van der Waals surface area contributed by atoms with Crippen LogP contribution in [-0.4, -0.2) is 18.9 Å². The lowest BCUT2D eigenvalue weighted by Gasteiger charge is -2.14. The lowest BCUT2D eigenvalue weighted by Crippen LogP contribution is -2.03. The van der Waals surface area contributed by atoms with Gasteiger partial charge in [-0.1, -0.05) is 115 Å². The molecule has 0 saturated heterocycles. The van der Waals surface area contributed by atoms with Gasteiger partial charge in [-0.15, -0.1) is 0 Å². The zero-order valence-corrected chi connectivity index (χ0v) is 24.6. The maximum absolute atomic E-state index is 5.37.